The summed E-state index contributed by atoms with van der Waals surface area (Å²) in [4.78, 5) is 0. The van der Waals surface area contributed by atoms with Crippen molar-refractivity contribution in [3.8, 4) is 0 Å². The van der Waals surface area contributed by atoms with Gasteiger partial charge in [0, 0.05) is 29.9 Å². The predicted molar refractivity (Wildman–Crippen MR) is 173 cm³/mol. The van der Waals surface area contributed by atoms with Crippen molar-refractivity contribution in [1.82, 2.24) is 21.3 Å². The van der Waals surface area contributed by atoms with Crippen LogP contribution < -0.4 is 21.3 Å². The maximum Gasteiger partial charge on any atom is 0.0592 e. The van der Waals surface area contributed by atoms with Gasteiger partial charge in [0.05, 0.1) is 11.1 Å². The molecular weight excluding hydrogens is 488 g/mol. The largest absolute Gasteiger partial charge is 0.386 e. The number of rotatable bonds is 13. The SMILES string of the molecule is CCNC1=CCC(C=CC=C(c2ccccc2)C2(C3(NCC)C=CC(NCC)=CC3)C=CC=CC2)(NCC)C=C1. The quantitative estimate of drug-likeness (QED) is 0.211. The Morgan fingerprint density at radius 3 is 2.00 bits per heavy atom. The molecule has 0 aromatic heterocycles. The van der Waals surface area contributed by atoms with Crippen molar-refractivity contribution >= 4 is 5.57 Å². The van der Waals surface area contributed by atoms with Crippen LogP contribution in [0.25, 0.3) is 5.57 Å². The lowest BCUT2D eigenvalue weighted by Crippen LogP contribution is -2.57. The van der Waals surface area contributed by atoms with E-state index in [2.05, 4.69) is 158 Å². The molecule has 40 heavy (non-hydrogen) atoms. The van der Waals surface area contributed by atoms with E-state index in [4.69, 9.17) is 0 Å². The summed E-state index contributed by atoms with van der Waals surface area (Å²) in [6.45, 7) is 12.3. The molecule has 4 N–H and O–H groups in total. The van der Waals surface area contributed by atoms with Gasteiger partial charge in [0.25, 0.3) is 0 Å². The van der Waals surface area contributed by atoms with Gasteiger partial charge < -0.3 is 21.3 Å². The molecule has 4 heteroatoms. The summed E-state index contributed by atoms with van der Waals surface area (Å²) in [5.41, 5.74) is 4.26. The number of nitrogens with one attached hydrogen (secondary N) is 4. The summed E-state index contributed by atoms with van der Waals surface area (Å²) in [5, 5.41) is 14.6. The molecule has 0 spiro atoms. The van der Waals surface area contributed by atoms with Crippen molar-refractivity contribution in [3.05, 3.63) is 126 Å². The van der Waals surface area contributed by atoms with Gasteiger partial charge in [-0.15, -0.1) is 0 Å². The van der Waals surface area contributed by atoms with Gasteiger partial charge in [0.1, 0.15) is 0 Å². The van der Waals surface area contributed by atoms with Gasteiger partial charge in [0.2, 0.25) is 0 Å². The standard InChI is InChI=1S/C36H48N4/c1-5-37-31-19-26-34(27-20-31,39-7-3)23-15-18-33(30-16-11-9-12-17-30)35(24-13-10-14-25-35)36(40-8-4)28-21-32(22-29-36)38-6-2/h9-24,26,28,37-40H,5-8,25,27,29H2,1-4H3. The molecule has 0 saturated heterocycles. The number of benzene rings is 1. The molecule has 0 amide bonds. The minimum absolute atomic E-state index is 0.199. The molecule has 212 valence electrons. The third-order valence-corrected chi connectivity index (χ3v) is 8.26. The summed E-state index contributed by atoms with van der Waals surface area (Å²) in [6.07, 6.45) is 32.8. The Morgan fingerprint density at radius 1 is 0.750 bits per heavy atom. The van der Waals surface area contributed by atoms with Crippen LogP contribution in [0.2, 0.25) is 0 Å². The van der Waals surface area contributed by atoms with E-state index in [0.29, 0.717) is 0 Å². The Labute approximate surface area is 242 Å². The summed E-state index contributed by atoms with van der Waals surface area (Å²) in [6, 6.07) is 10.9. The van der Waals surface area contributed by atoms with E-state index in [-0.39, 0.29) is 16.5 Å². The van der Waals surface area contributed by atoms with E-state index < -0.39 is 0 Å². The van der Waals surface area contributed by atoms with Gasteiger partial charge in [-0.3, -0.25) is 0 Å². The van der Waals surface area contributed by atoms with Crippen molar-refractivity contribution < 1.29 is 0 Å². The summed E-state index contributed by atoms with van der Waals surface area (Å²) < 4.78 is 0. The Morgan fingerprint density at radius 2 is 1.45 bits per heavy atom. The highest BCUT2D eigenvalue weighted by atomic mass is 15.0. The first-order valence-corrected chi connectivity index (χ1v) is 15.1. The Bertz CT molecular complexity index is 1230. The lowest BCUT2D eigenvalue weighted by atomic mass is 9.58. The number of hydrogen-bond acceptors (Lipinski definition) is 4. The van der Waals surface area contributed by atoms with Crippen LogP contribution >= 0.6 is 0 Å². The molecule has 4 rings (SSSR count). The highest BCUT2D eigenvalue weighted by Crippen LogP contribution is 2.53. The van der Waals surface area contributed by atoms with E-state index in [1.165, 1.54) is 22.5 Å². The fraction of sp³-hybridized carbons (Fsp3) is 0.389. The van der Waals surface area contributed by atoms with Gasteiger partial charge in [-0.05, 0) is 69.5 Å². The zero-order valence-corrected chi connectivity index (χ0v) is 24.8. The smallest absolute Gasteiger partial charge is 0.0592 e. The topological polar surface area (TPSA) is 48.1 Å². The molecule has 4 nitrogen and oxygen atoms in total. The summed E-state index contributed by atoms with van der Waals surface area (Å²) in [7, 11) is 0. The lowest BCUT2D eigenvalue weighted by Gasteiger charge is -2.51. The zero-order valence-electron chi connectivity index (χ0n) is 24.8. The maximum absolute atomic E-state index is 3.96. The van der Waals surface area contributed by atoms with Crippen LogP contribution in [0.4, 0.5) is 0 Å². The average Bonchev–Trinajstić information content (AvgIpc) is 2.99. The van der Waals surface area contributed by atoms with Crippen molar-refractivity contribution in [3.63, 3.8) is 0 Å². The van der Waals surface area contributed by atoms with E-state index in [0.717, 1.165) is 45.4 Å². The van der Waals surface area contributed by atoms with Crippen LogP contribution in [0.15, 0.2) is 121 Å². The number of allylic oxidation sites excluding steroid dienone is 7. The van der Waals surface area contributed by atoms with Crippen LogP contribution in [-0.2, 0) is 0 Å². The van der Waals surface area contributed by atoms with Crippen LogP contribution in [0, 0.1) is 5.41 Å². The molecule has 0 saturated carbocycles. The third-order valence-electron chi connectivity index (χ3n) is 8.26. The minimum atomic E-state index is -0.264. The monoisotopic (exact) mass is 536 g/mol. The predicted octanol–water partition coefficient (Wildman–Crippen LogP) is 6.73. The van der Waals surface area contributed by atoms with Crippen molar-refractivity contribution in [2.24, 2.45) is 5.41 Å². The van der Waals surface area contributed by atoms with E-state index in [1.807, 2.05) is 0 Å². The second kappa shape index (κ2) is 13.8. The van der Waals surface area contributed by atoms with Crippen LogP contribution in [-0.4, -0.2) is 37.3 Å². The highest BCUT2D eigenvalue weighted by Gasteiger charge is 2.50. The van der Waals surface area contributed by atoms with Crippen molar-refractivity contribution in [2.75, 3.05) is 26.2 Å². The summed E-state index contributed by atoms with van der Waals surface area (Å²) in [5.74, 6) is 0. The van der Waals surface area contributed by atoms with Gasteiger partial charge in [-0.2, -0.15) is 0 Å². The average molecular weight is 537 g/mol. The van der Waals surface area contributed by atoms with E-state index >= 15 is 0 Å². The van der Waals surface area contributed by atoms with Gasteiger partial charge in [0.15, 0.2) is 0 Å². The normalized spacial score (nSPS) is 28.1. The molecule has 0 bridgehead atoms. The zero-order chi connectivity index (χ0) is 28.3. The van der Waals surface area contributed by atoms with Gasteiger partial charge in [-0.25, -0.2) is 0 Å². The van der Waals surface area contributed by atoms with Crippen LogP contribution in [0.1, 0.15) is 52.5 Å². The van der Waals surface area contributed by atoms with Crippen molar-refractivity contribution in [2.45, 2.75) is 58.0 Å². The number of hydrogen-bond donors (Lipinski definition) is 4. The van der Waals surface area contributed by atoms with E-state index in [1.54, 1.807) is 0 Å². The summed E-state index contributed by atoms with van der Waals surface area (Å²) >= 11 is 0. The minimum Gasteiger partial charge on any atom is -0.386 e. The third kappa shape index (κ3) is 6.35. The molecule has 0 heterocycles. The molecule has 1 aromatic rings. The molecule has 0 fully saturated rings. The molecule has 3 aliphatic rings. The van der Waals surface area contributed by atoms with Crippen molar-refractivity contribution in [1.29, 1.82) is 0 Å². The number of likely N-dealkylation sites (N-methyl/N-ethyl adjacent to an activating group) is 4. The molecular formula is C36H48N4. The molecule has 1 aromatic carbocycles. The molecule has 0 aliphatic heterocycles. The van der Waals surface area contributed by atoms with Gasteiger partial charge >= 0.3 is 0 Å². The Balaban J connectivity index is 1.81. The first-order valence-electron chi connectivity index (χ1n) is 15.1. The second-order valence-corrected chi connectivity index (χ2v) is 10.8. The highest BCUT2D eigenvalue weighted by molar-refractivity contribution is 5.77. The second-order valence-electron chi connectivity index (χ2n) is 10.8. The maximum atomic E-state index is 3.96. The lowest BCUT2D eigenvalue weighted by molar-refractivity contribution is 0.247. The van der Waals surface area contributed by atoms with Crippen LogP contribution in [0.3, 0.4) is 0 Å². The van der Waals surface area contributed by atoms with Crippen LogP contribution in [0.5, 0.6) is 0 Å². The van der Waals surface area contributed by atoms with E-state index in [9.17, 15) is 0 Å². The Kier molecular flexibility index (Phi) is 10.2. The fourth-order valence-electron chi connectivity index (χ4n) is 6.37. The Hall–Kier alpha value is -3.34. The molecule has 0 radical (unpaired) electrons. The first kappa shape index (κ1) is 29.6. The van der Waals surface area contributed by atoms with Gasteiger partial charge in [-0.1, -0.05) is 111 Å². The fourth-order valence-corrected chi connectivity index (χ4v) is 6.37. The molecule has 3 atom stereocenters. The molecule has 3 unspecified atom stereocenters. The first-order chi connectivity index (χ1) is 19.6. The molecule has 3 aliphatic carbocycles.